The average molecular weight is 428 g/mol. The van der Waals surface area contributed by atoms with Crippen LogP contribution in [0.25, 0.3) is 11.2 Å². The molecule has 4 rings (SSSR count). The molecule has 1 aliphatic heterocycles. The fourth-order valence-corrected chi connectivity index (χ4v) is 4.28. The topological polar surface area (TPSA) is 102 Å². The predicted molar refractivity (Wildman–Crippen MR) is 117 cm³/mol. The number of H-pyrrole nitrogens is 1. The Morgan fingerprint density at radius 1 is 1.37 bits per heavy atom. The number of aromatic amines is 1. The van der Waals surface area contributed by atoms with E-state index in [-0.39, 0.29) is 28.8 Å². The highest BCUT2D eigenvalue weighted by atomic mass is 32.2. The number of imidazole rings is 1. The fraction of sp³-hybridized carbons (Fsp3) is 0.429. The highest BCUT2D eigenvalue weighted by Crippen LogP contribution is 2.25. The lowest BCUT2D eigenvalue weighted by atomic mass is 10.0. The van der Waals surface area contributed by atoms with Gasteiger partial charge in [-0.15, -0.1) is 0 Å². The van der Waals surface area contributed by atoms with Gasteiger partial charge in [-0.05, 0) is 36.5 Å². The van der Waals surface area contributed by atoms with Crippen LogP contribution in [0.15, 0.2) is 40.5 Å². The second kappa shape index (κ2) is 9.01. The van der Waals surface area contributed by atoms with Crippen LogP contribution < -0.4 is 10.9 Å². The van der Waals surface area contributed by atoms with Crippen LogP contribution >= 0.6 is 11.8 Å². The molecule has 0 saturated carbocycles. The van der Waals surface area contributed by atoms with E-state index in [9.17, 15) is 9.59 Å². The Bertz CT molecular complexity index is 1080. The van der Waals surface area contributed by atoms with Gasteiger partial charge in [0.25, 0.3) is 5.56 Å². The number of aromatic nitrogens is 4. The molecule has 0 bridgehead atoms. The molecule has 0 radical (unpaired) electrons. The molecule has 1 amide bonds. The Morgan fingerprint density at radius 2 is 2.17 bits per heavy atom. The molecule has 1 aliphatic rings. The summed E-state index contributed by atoms with van der Waals surface area (Å²) in [6.45, 7) is 5.57. The summed E-state index contributed by atoms with van der Waals surface area (Å²) in [6.07, 6.45) is 3.42. The molecule has 3 aromatic rings. The standard InChI is InChI=1S/C21H25N5O3S/c1-13(2)14-5-7-15(8-6-14)24-17(27)11-30-21-25-18-19(22-12-23-20(18)28)26(21)10-16-4-3-9-29-16/h5-8,12-13,16H,3-4,9-11H2,1-2H3,(H,24,27)(H,22,23,28). The lowest BCUT2D eigenvalue weighted by molar-refractivity contribution is -0.113. The average Bonchev–Trinajstić information content (AvgIpc) is 3.36. The van der Waals surface area contributed by atoms with Crippen LogP contribution in [0.2, 0.25) is 0 Å². The molecule has 0 aliphatic carbocycles. The molecule has 2 N–H and O–H groups in total. The van der Waals surface area contributed by atoms with E-state index in [4.69, 9.17) is 4.74 Å². The second-order valence-corrected chi connectivity index (χ2v) is 8.60. The number of nitrogens with one attached hydrogen (secondary N) is 2. The van der Waals surface area contributed by atoms with E-state index >= 15 is 0 Å². The molecule has 1 unspecified atom stereocenters. The number of anilines is 1. The van der Waals surface area contributed by atoms with Crippen LogP contribution in [0.5, 0.6) is 0 Å². The zero-order valence-electron chi connectivity index (χ0n) is 17.1. The molecule has 158 valence electrons. The molecule has 8 nitrogen and oxygen atoms in total. The minimum absolute atomic E-state index is 0.0659. The van der Waals surface area contributed by atoms with Crippen molar-refractivity contribution >= 4 is 34.5 Å². The van der Waals surface area contributed by atoms with Crippen molar-refractivity contribution in [3.05, 3.63) is 46.5 Å². The Morgan fingerprint density at radius 3 is 2.87 bits per heavy atom. The van der Waals surface area contributed by atoms with Crippen molar-refractivity contribution in [2.75, 3.05) is 17.7 Å². The molecule has 3 heterocycles. The Labute approximate surface area is 178 Å². The van der Waals surface area contributed by atoms with E-state index in [2.05, 4.69) is 34.1 Å². The van der Waals surface area contributed by atoms with Gasteiger partial charge in [0.15, 0.2) is 16.3 Å². The first kappa shape index (κ1) is 20.6. The van der Waals surface area contributed by atoms with Gasteiger partial charge in [0, 0.05) is 12.3 Å². The number of carbonyl (C=O) groups excluding carboxylic acids is 1. The van der Waals surface area contributed by atoms with Crippen molar-refractivity contribution in [2.45, 2.75) is 50.4 Å². The lowest BCUT2D eigenvalue weighted by Crippen LogP contribution is -2.18. The van der Waals surface area contributed by atoms with Crippen LogP contribution in [0.1, 0.15) is 38.2 Å². The van der Waals surface area contributed by atoms with Crippen molar-refractivity contribution in [1.82, 2.24) is 19.5 Å². The van der Waals surface area contributed by atoms with E-state index in [0.29, 0.717) is 23.3 Å². The third-order valence-electron chi connectivity index (χ3n) is 5.11. The maximum Gasteiger partial charge on any atom is 0.278 e. The predicted octanol–water partition coefficient (Wildman–Crippen LogP) is 3.15. The van der Waals surface area contributed by atoms with Gasteiger partial charge in [0.05, 0.1) is 24.7 Å². The number of thioether (sulfide) groups is 1. The van der Waals surface area contributed by atoms with Crippen molar-refractivity contribution < 1.29 is 9.53 Å². The lowest BCUT2D eigenvalue weighted by Gasteiger charge is -2.13. The molecular formula is C21H25N5O3S. The highest BCUT2D eigenvalue weighted by Gasteiger charge is 2.22. The molecular weight excluding hydrogens is 402 g/mol. The summed E-state index contributed by atoms with van der Waals surface area (Å²) in [5, 5.41) is 3.50. The van der Waals surface area contributed by atoms with Crippen LogP contribution in [0, 0.1) is 0 Å². The van der Waals surface area contributed by atoms with Gasteiger partial charge in [-0.3, -0.25) is 9.59 Å². The molecule has 9 heteroatoms. The minimum Gasteiger partial charge on any atom is -0.376 e. The number of ether oxygens (including phenoxy) is 1. The summed E-state index contributed by atoms with van der Waals surface area (Å²) in [6, 6.07) is 7.86. The Balaban J connectivity index is 1.48. The Hall–Kier alpha value is -2.65. The molecule has 1 aromatic carbocycles. The second-order valence-electron chi connectivity index (χ2n) is 7.66. The van der Waals surface area contributed by atoms with Gasteiger partial charge in [-0.1, -0.05) is 37.7 Å². The number of rotatable bonds is 7. The molecule has 1 saturated heterocycles. The quantitative estimate of drug-likeness (QED) is 0.562. The van der Waals surface area contributed by atoms with Crippen molar-refractivity contribution in [3.8, 4) is 0 Å². The highest BCUT2D eigenvalue weighted by molar-refractivity contribution is 7.99. The molecule has 2 aromatic heterocycles. The van der Waals surface area contributed by atoms with Crippen molar-refractivity contribution in [1.29, 1.82) is 0 Å². The van der Waals surface area contributed by atoms with Crippen molar-refractivity contribution in [3.63, 3.8) is 0 Å². The summed E-state index contributed by atoms with van der Waals surface area (Å²) in [5.74, 6) is 0.493. The van der Waals surface area contributed by atoms with Crippen LogP contribution in [-0.4, -0.2) is 43.9 Å². The summed E-state index contributed by atoms with van der Waals surface area (Å²) in [7, 11) is 0. The number of nitrogens with zero attached hydrogens (tertiary/aromatic N) is 3. The van der Waals surface area contributed by atoms with Gasteiger partial charge in [-0.2, -0.15) is 0 Å². The molecule has 0 spiro atoms. The monoisotopic (exact) mass is 427 g/mol. The van der Waals surface area contributed by atoms with E-state index in [0.717, 1.165) is 25.1 Å². The van der Waals surface area contributed by atoms with Crippen molar-refractivity contribution in [2.24, 2.45) is 0 Å². The molecule has 1 atom stereocenters. The smallest absolute Gasteiger partial charge is 0.278 e. The minimum atomic E-state index is -0.289. The third kappa shape index (κ3) is 4.57. The van der Waals surface area contributed by atoms with E-state index in [1.807, 2.05) is 28.8 Å². The normalized spacial score (nSPS) is 16.4. The zero-order valence-corrected chi connectivity index (χ0v) is 17.9. The number of benzene rings is 1. The first-order valence-corrected chi connectivity index (χ1v) is 11.1. The van der Waals surface area contributed by atoms with Crippen LogP contribution in [-0.2, 0) is 16.1 Å². The summed E-state index contributed by atoms with van der Waals surface area (Å²) < 4.78 is 7.63. The van der Waals surface area contributed by atoms with E-state index in [1.165, 1.54) is 23.7 Å². The van der Waals surface area contributed by atoms with Gasteiger partial charge >= 0.3 is 0 Å². The maximum absolute atomic E-state index is 12.5. The maximum atomic E-state index is 12.5. The number of hydrogen-bond acceptors (Lipinski definition) is 6. The number of carbonyl (C=O) groups is 1. The first-order valence-electron chi connectivity index (χ1n) is 10.1. The number of amides is 1. The summed E-state index contributed by atoms with van der Waals surface area (Å²) in [5.41, 5.74) is 2.49. The van der Waals surface area contributed by atoms with Gasteiger partial charge in [0.2, 0.25) is 5.91 Å². The number of hydrogen-bond donors (Lipinski definition) is 2. The van der Waals surface area contributed by atoms with Gasteiger partial charge < -0.3 is 19.6 Å². The Kier molecular flexibility index (Phi) is 6.19. The van der Waals surface area contributed by atoms with E-state index in [1.54, 1.807) is 0 Å². The van der Waals surface area contributed by atoms with Gasteiger partial charge in [-0.25, -0.2) is 9.97 Å². The van der Waals surface area contributed by atoms with Gasteiger partial charge in [0.1, 0.15) is 0 Å². The van der Waals surface area contributed by atoms with E-state index < -0.39 is 0 Å². The fourth-order valence-electron chi connectivity index (χ4n) is 3.47. The zero-order chi connectivity index (χ0) is 21.1. The first-order chi connectivity index (χ1) is 14.5. The third-order valence-corrected chi connectivity index (χ3v) is 6.08. The molecule has 1 fully saturated rings. The SMILES string of the molecule is CC(C)c1ccc(NC(=O)CSc2nc3c(=O)[nH]cnc3n2CC2CCCO2)cc1. The summed E-state index contributed by atoms with van der Waals surface area (Å²) in [4.78, 5) is 35.9. The largest absolute Gasteiger partial charge is 0.376 e. The van der Waals surface area contributed by atoms with Crippen LogP contribution in [0.4, 0.5) is 5.69 Å². The van der Waals surface area contributed by atoms with Crippen LogP contribution in [0.3, 0.4) is 0 Å². The molecule has 30 heavy (non-hydrogen) atoms. The summed E-state index contributed by atoms with van der Waals surface area (Å²) >= 11 is 1.29. The number of fused-ring (bicyclic) bond motifs is 1.